The molecule has 1 saturated carbocycles. The number of benzene rings is 2. The number of hydrogen-bond donors (Lipinski definition) is 0. The molecule has 1 aliphatic rings. The van der Waals surface area contributed by atoms with E-state index in [1.807, 2.05) is 28.7 Å². The fraction of sp³-hybridized carbons (Fsp3) is 0.250. The second-order valence-corrected chi connectivity index (χ2v) is 8.76. The molecule has 8 heteroatoms. The molecule has 2 heterocycles. The van der Waals surface area contributed by atoms with E-state index in [2.05, 4.69) is 15.2 Å². The van der Waals surface area contributed by atoms with E-state index in [0.717, 1.165) is 24.2 Å². The van der Waals surface area contributed by atoms with Crippen molar-refractivity contribution in [3.8, 4) is 0 Å². The number of anilines is 1. The minimum Gasteiger partial charge on any atom is -0.274 e. The molecule has 0 bridgehead atoms. The lowest BCUT2D eigenvalue weighted by Gasteiger charge is -2.22. The Kier molecular flexibility index (Phi) is 3.83. The van der Waals surface area contributed by atoms with Crippen molar-refractivity contribution in [2.24, 2.45) is 0 Å². The summed E-state index contributed by atoms with van der Waals surface area (Å²) >= 11 is 0. The summed E-state index contributed by atoms with van der Waals surface area (Å²) in [5, 5.41) is 8.74. The lowest BCUT2D eigenvalue weighted by Crippen LogP contribution is -2.32. The van der Waals surface area contributed by atoms with Crippen molar-refractivity contribution in [2.45, 2.75) is 30.6 Å². The molecule has 0 N–H and O–H groups in total. The molecule has 7 nitrogen and oxygen atoms in total. The van der Waals surface area contributed by atoms with Crippen molar-refractivity contribution in [2.75, 3.05) is 10.8 Å². The van der Waals surface area contributed by atoms with Gasteiger partial charge in [-0.2, -0.15) is 0 Å². The van der Waals surface area contributed by atoms with Crippen molar-refractivity contribution in [1.29, 1.82) is 0 Å². The van der Waals surface area contributed by atoms with Gasteiger partial charge in [0, 0.05) is 12.5 Å². The summed E-state index contributed by atoms with van der Waals surface area (Å²) in [5.41, 5.74) is 2.08. The average molecular weight is 393 g/mol. The van der Waals surface area contributed by atoms with E-state index in [4.69, 9.17) is 0 Å². The first-order valence-electron chi connectivity index (χ1n) is 9.33. The smallest absolute Gasteiger partial charge is 0.265 e. The first kappa shape index (κ1) is 17.1. The van der Waals surface area contributed by atoms with Gasteiger partial charge in [0.2, 0.25) is 5.65 Å². The fourth-order valence-electron chi connectivity index (χ4n) is 3.52. The summed E-state index contributed by atoms with van der Waals surface area (Å²) in [5.74, 6) is 1.56. The van der Waals surface area contributed by atoms with Crippen LogP contribution in [0, 0.1) is 0 Å². The molecule has 0 saturated heterocycles. The van der Waals surface area contributed by atoms with Crippen LogP contribution < -0.4 is 4.31 Å². The maximum atomic E-state index is 13.3. The number of fused-ring (bicyclic) bond motifs is 3. The van der Waals surface area contributed by atoms with Crippen molar-refractivity contribution < 1.29 is 8.42 Å². The molecule has 2 aromatic heterocycles. The standard InChI is InChI=1S/C20H19N5O2S/c1-2-24(28(26,27)15-8-4-3-5-9-15)19-20-23-22-18(14-12-13-14)25(20)17-11-7-6-10-16(17)21-19/h3-11,14H,2,12-13H2,1H3. The molecule has 0 amide bonds. The number of aromatic nitrogens is 4. The van der Waals surface area contributed by atoms with Crippen LogP contribution in [0.25, 0.3) is 16.7 Å². The lowest BCUT2D eigenvalue weighted by atomic mass is 10.3. The Balaban J connectivity index is 1.80. The van der Waals surface area contributed by atoms with Crippen molar-refractivity contribution in [3.63, 3.8) is 0 Å². The number of para-hydroxylation sites is 2. The number of sulfonamides is 1. The van der Waals surface area contributed by atoms with Gasteiger partial charge in [-0.25, -0.2) is 17.7 Å². The van der Waals surface area contributed by atoms with Gasteiger partial charge < -0.3 is 0 Å². The van der Waals surface area contributed by atoms with E-state index in [9.17, 15) is 8.42 Å². The Labute approximate surface area is 162 Å². The maximum absolute atomic E-state index is 13.3. The highest BCUT2D eigenvalue weighted by molar-refractivity contribution is 7.92. The predicted octanol–water partition coefficient (Wildman–Crippen LogP) is 3.37. The highest BCUT2D eigenvalue weighted by atomic mass is 32.2. The van der Waals surface area contributed by atoms with E-state index in [1.165, 1.54) is 4.31 Å². The predicted molar refractivity (Wildman–Crippen MR) is 107 cm³/mol. The van der Waals surface area contributed by atoms with Gasteiger partial charge in [0.25, 0.3) is 10.0 Å². The van der Waals surface area contributed by atoms with E-state index in [1.54, 1.807) is 37.3 Å². The molecule has 0 radical (unpaired) electrons. The zero-order chi connectivity index (χ0) is 19.3. The minimum atomic E-state index is -3.77. The lowest BCUT2D eigenvalue weighted by molar-refractivity contribution is 0.591. The topological polar surface area (TPSA) is 80.5 Å². The molecule has 1 aliphatic carbocycles. The van der Waals surface area contributed by atoms with E-state index >= 15 is 0 Å². The molecular weight excluding hydrogens is 374 g/mol. The summed E-state index contributed by atoms with van der Waals surface area (Å²) in [6.07, 6.45) is 2.15. The van der Waals surface area contributed by atoms with Gasteiger partial charge >= 0.3 is 0 Å². The normalized spacial score (nSPS) is 14.6. The minimum absolute atomic E-state index is 0.229. The summed E-state index contributed by atoms with van der Waals surface area (Å²) in [6.45, 7) is 2.04. The van der Waals surface area contributed by atoms with E-state index in [0.29, 0.717) is 22.9 Å². The first-order chi connectivity index (χ1) is 13.6. The molecule has 5 rings (SSSR count). The molecule has 0 unspecified atom stereocenters. The first-order valence-corrected chi connectivity index (χ1v) is 10.8. The molecule has 142 valence electrons. The molecule has 0 aliphatic heterocycles. The largest absolute Gasteiger partial charge is 0.274 e. The monoisotopic (exact) mass is 393 g/mol. The van der Waals surface area contributed by atoms with Crippen LogP contribution in [-0.2, 0) is 10.0 Å². The highest BCUT2D eigenvalue weighted by Crippen LogP contribution is 2.40. The maximum Gasteiger partial charge on any atom is 0.265 e. The van der Waals surface area contributed by atoms with Gasteiger partial charge in [-0.1, -0.05) is 30.3 Å². The van der Waals surface area contributed by atoms with Gasteiger partial charge in [0.1, 0.15) is 5.82 Å². The number of hydrogen-bond acceptors (Lipinski definition) is 5. The molecule has 1 fully saturated rings. The summed E-state index contributed by atoms with van der Waals surface area (Å²) < 4.78 is 29.9. The van der Waals surface area contributed by atoms with Gasteiger partial charge in [0.05, 0.1) is 15.9 Å². The Bertz CT molecular complexity index is 1280. The van der Waals surface area contributed by atoms with Crippen molar-refractivity contribution >= 4 is 32.5 Å². The molecule has 4 aromatic rings. The second kappa shape index (κ2) is 6.27. The Hall–Kier alpha value is -3.00. The van der Waals surface area contributed by atoms with Crippen LogP contribution in [0.4, 0.5) is 5.82 Å². The zero-order valence-electron chi connectivity index (χ0n) is 15.4. The third kappa shape index (κ3) is 2.56. The molecule has 2 aromatic carbocycles. The van der Waals surface area contributed by atoms with Crippen LogP contribution in [0.5, 0.6) is 0 Å². The number of nitrogens with zero attached hydrogens (tertiary/aromatic N) is 5. The third-order valence-electron chi connectivity index (χ3n) is 5.03. The van der Waals surface area contributed by atoms with Crippen LogP contribution in [0.15, 0.2) is 59.5 Å². The van der Waals surface area contributed by atoms with Gasteiger partial charge in [-0.05, 0) is 44.0 Å². The van der Waals surface area contributed by atoms with Gasteiger partial charge in [0.15, 0.2) is 5.82 Å². The van der Waals surface area contributed by atoms with Gasteiger partial charge in [-0.3, -0.25) is 4.40 Å². The Morgan fingerprint density at radius 2 is 1.75 bits per heavy atom. The van der Waals surface area contributed by atoms with Crippen LogP contribution in [0.3, 0.4) is 0 Å². The van der Waals surface area contributed by atoms with Crippen LogP contribution in [0.1, 0.15) is 31.5 Å². The van der Waals surface area contributed by atoms with E-state index in [-0.39, 0.29) is 11.4 Å². The molecule has 28 heavy (non-hydrogen) atoms. The van der Waals surface area contributed by atoms with Crippen LogP contribution >= 0.6 is 0 Å². The quantitative estimate of drug-likeness (QED) is 0.519. The van der Waals surface area contributed by atoms with E-state index < -0.39 is 10.0 Å². The molecule has 0 atom stereocenters. The third-order valence-corrected chi connectivity index (χ3v) is 6.91. The SMILES string of the molecule is CCN(c1nc2ccccc2n2c(C3CC3)nnc12)S(=O)(=O)c1ccccc1. The summed E-state index contributed by atoms with van der Waals surface area (Å²) in [4.78, 5) is 4.91. The Morgan fingerprint density at radius 1 is 1.04 bits per heavy atom. The molecule has 0 spiro atoms. The van der Waals surface area contributed by atoms with Crippen LogP contribution in [0.2, 0.25) is 0 Å². The highest BCUT2D eigenvalue weighted by Gasteiger charge is 2.33. The Morgan fingerprint density at radius 3 is 2.46 bits per heavy atom. The van der Waals surface area contributed by atoms with Crippen molar-refractivity contribution in [1.82, 2.24) is 19.6 Å². The van der Waals surface area contributed by atoms with Crippen molar-refractivity contribution in [3.05, 3.63) is 60.4 Å². The number of rotatable bonds is 5. The summed E-state index contributed by atoms with van der Waals surface area (Å²) in [7, 11) is -3.77. The fourth-order valence-corrected chi connectivity index (χ4v) is 4.96. The zero-order valence-corrected chi connectivity index (χ0v) is 16.2. The summed E-state index contributed by atoms with van der Waals surface area (Å²) in [6, 6.07) is 16.1. The molecular formula is C20H19N5O2S. The van der Waals surface area contributed by atoms with Crippen LogP contribution in [-0.4, -0.2) is 34.5 Å². The van der Waals surface area contributed by atoms with Gasteiger partial charge in [-0.15, -0.1) is 10.2 Å². The second-order valence-electron chi connectivity index (χ2n) is 6.90. The average Bonchev–Trinajstić information content (AvgIpc) is 3.47.